The van der Waals surface area contributed by atoms with Gasteiger partial charge in [-0.05, 0) is 35.2 Å². The lowest BCUT2D eigenvalue weighted by atomic mass is 9.95. The van der Waals surface area contributed by atoms with Gasteiger partial charge in [0.05, 0.1) is 6.10 Å². The predicted molar refractivity (Wildman–Crippen MR) is 65.4 cm³/mol. The molecule has 0 bridgehead atoms. The summed E-state index contributed by atoms with van der Waals surface area (Å²) in [6.07, 6.45) is 0.143. The van der Waals surface area contributed by atoms with Crippen LogP contribution in [0.5, 0.6) is 0 Å². The minimum absolute atomic E-state index is 0.132. The standard InChI is InChI=1S/C14H16O2/c1-10(16)13-7-3-6-11-4-2-5-12(8-9-15)14(11)13/h2-7,10,15-16H,8-9H2,1H3. The van der Waals surface area contributed by atoms with E-state index in [2.05, 4.69) is 0 Å². The van der Waals surface area contributed by atoms with Gasteiger partial charge in [-0.2, -0.15) is 0 Å². The van der Waals surface area contributed by atoms with Gasteiger partial charge in [0.25, 0.3) is 0 Å². The second-order valence-electron chi connectivity index (χ2n) is 4.01. The van der Waals surface area contributed by atoms with E-state index in [1.807, 2.05) is 36.4 Å². The Labute approximate surface area is 95.2 Å². The molecular weight excluding hydrogens is 200 g/mol. The Morgan fingerprint density at radius 3 is 2.44 bits per heavy atom. The van der Waals surface area contributed by atoms with Crippen molar-refractivity contribution >= 4 is 10.8 Å². The van der Waals surface area contributed by atoms with Crippen molar-refractivity contribution < 1.29 is 10.2 Å². The smallest absolute Gasteiger partial charge is 0.0768 e. The van der Waals surface area contributed by atoms with Crippen molar-refractivity contribution in [3.63, 3.8) is 0 Å². The third-order valence-electron chi connectivity index (χ3n) is 2.85. The zero-order chi connectivity index (χ0) is 11.5. The van der Waals surface area contributed by atoms with Crippen molar-refractivity contribution in [1.29, 1.82) is 0 Å². The van der Waals surface area contributed by atoms with Crippen LogP contribution in [0.15, 0.2) is 36.4 Å². The van der Waals surface area contributed by atoms with E-state index in [0.717, 1.165) is 21.9 Å². The summed E-state index contributed by atoms with van der Waals surface area (Å²) < 4.78 is 0. The van der Waals surface area contributed by atoms with E-state index >= 15 is 0 Å². The van der Waals surface area contributed by atoms with Gasteiger partial charge >= 0.3 is 0 Å². The number of hydrogen-bond donors (Lipinski definition) is 2. The number of aliphatic hydroxyl groups excluding tert-OH is 2. The van der Waals surface area contributed by atoms with Crippen molar-refractivity contribution in [1.82, 2.24) is 0 Å². The van der Waals surface area contributed by atoms with E-state index in [4.69, 9.17) is 5.11 Å². The average Bonchev–Trinajstić information content (AvgIpc) is 2.29. The second kappa shape index (κ2) is 4.64. The highest BCUT2D eigenvalue weighted by Crippen LogP contribution is 2.27. The summed E-state index contributed by atoms with van der Waals surface area (Å²) in [6.45, 7) is 1.90. The number of fused-ring (bicyclic) bond motifs is 1. The van der Waals surface area contributed by atoms with Gasteiger partial charge in [-0.25, -0.2) is 0 Å². The maximum atomic E-state index is 9.75. The molecule has 16 heavy (non-hydrogen) atoms. The maximum absolute atomic E-state index is 9.75. The third-order valence-corrected chi connectivity index (χ3v) is 2.85. The van der Waals surface area contributed by atoms with E-state index < -0.39 is 6.10 Å². The molecule has 0 radical (unpaired) electrons. The molecule has 0 saturated carbocycles. The molecule has 2 rings (SSSR count). The summed E-state index contributed by atoms with van der Waals surface area (Å²) in [5.41, 5.74) is 2.03. The maximum Gasteiger partial charge on any atom is 0.0768 e. The minimum Gasteiger partial charge on any atom is -0.396 e. The summed E-state index contributed by atoms with van der Waals surface area (Å²) in [5, 5.41) is 21.0. The quantitative estimate of drug-likeness (QED) is 0.827. The Bertz CT molecular complexity index is 484. The first-order chi connectivity index (χ1) is 7.74. The zero-order valence-electron chi connectivity index (χ0n) is 9.35. The van der Waals surface area contributed by atoms with Crippen LogP contribution in [0.4, 0.5) is 0 Å². The molecule has 84 valence electrons. The fraction of sp³-hybridized carbons (Fsp3) is 0.286. The molecule has 0 aliphatic carbocycles. The first kappa shape index (κ1) is 11.1. The number of aliphatic hydroxyl groups is 2. The van der Waals surface area contributed by atoms with Gasteiger partial charge in [-0.15, -0.1) is 0 Å². The van der Waals surface area contributed by atoms with Crippen molar-refractivity contribution in [2.75, 3.05) is 6.61 Å². The Morgan fingerprint density at radius 1 is 1.12 bits per heavy atom. The van der Waals surface area contributed by atoms with Gasteiger partial charge < -0.3 is 10.2 Å². The van der Waals surface area contributed by atoms with Crippen molar-refractivity contribution in [3.05, 3.63) is 47.5 Å². The van der Waals surface area contributed by atoms with Gasteiger partial charge in [-0.1, -0.05) is 36.4 Å². The topological polar surface area (TPSA) is 40.5 Å². The Balaban J connectivity index is 2.71. The molecule has 1 unspecified atom stereocenters. The van der Waals surface area contributed by atoms with Gasteiger partial charge in [0.2, 0.25) is 0 Å². The number of rotatable bonds is 3. The number of hydrogen-bond acceptors (Lipinski definition) is 2. The molecule has 0 spiro atoms. The van der Waals surface area contributed by atoms with Crippen LogP contribution in [0.1, 0.15) is 24.2 Å². The highest BCUT2D eigenvalue weighted by molar-refractivity contribution is 5.89. The van der Waals surface area contributed by atoms with Crippen LogP contribution in [0.25, 0.3) is 10.8 Å². The lowest BCUT2D eigenvalue weighted by Crippen LogP contribution is -1.98. The molecular formula is C14H16O2. The van der Waals surface area contributed by atoms with E-state index in [-0.39, 0.29) is 6.61 Å². The van der Waals surface area contributed by atoms with Crippen molar-refractivity contribution in [2.24, 2.45) is 0 Å². The monoisotopic (exact) mass is 216 g/mol. The van der Waals surface area contributed by atoms with E-state index in [1.54, 1.807) is 6.92 Å². The molecule has 0 aliphatic heterocycles. The van der Waals surface area contributed by atoms with Crippen LogP contribution in [-0.2, 0) is 6.42 Å². The molecule has 0 saturated heterocycles. The molecule has 0 heterocycles. The molecule has 0 aliphatic rings. The highest BCUT2D eigenvalue weighted by atomic mass is 16.3. The van der Waals surface area contributed by atoms with Crippen LogP contribution in [-0.4, -0.2) is 16.8 Å². The normalized spacial score (nSPS) is 12.9. The summed E-state index contributed by atoms with van der Waals surface area (Å²) in [6, 6.07) is 11.9. The van der Waals surface area contributed by atoms with E-state index in [0.29, 0.717) is 6.42 Å². The Hall–Kier alpha value is -1.38. The fourth-order valence-electron chi connectivity index (χ4n) is 2.13. The van der Waals surface area contributed by atoms with Crippen LogP contribution in [0, 0.1) is 0 Å². The van der Waals surface area contributed by atoms with Crippen LogP contribution in [0.3, 0.4) is 0 Å². The summed E-state index contributed by atoms with van der Waals surface area (Å²) >= 11 is 0. The minimum atomic E-state index is -0.483. The highest BCUT2D eigenvalue weighted by Gasteiger charge is 2.09. The largest absolute Gasteiger partial charge is 0.396 e. The average molecular weight is 216 g/mol. The summed E-state index contributed by atoms with van der Waals surface area (Å²) in [4.78, 5) is 0. The van der Waals surface area contributed by atoms with Gasteiger partial charge in [0, 0.05) is 6.61 Å². The Morgan fingerprint density at radius 2 is 1.81 bits per heavy atom. The second-order valence-corrected chi connectivity index (χ2v) is 4.01. The van der Waals surface area contributed by atoms with E-state index in [9.17, 15) is 5.11 Å². The van der Waals surface area contributed by atoms with Crippen LogP contribution in [0.2, 0.25) is 0 Å². The van der Waals surface area contributed by atoms with E-state index in [1.165, 1.54) is 0 Å². The van der Waals surface area contributed by atoms with Gasteiger partial charge in [-0.3, -0.25) is 0 Å². The molecule has 2 aromatic carbocycles. The third kappa shape index (κ3) is 1.94. The first-order valence-corrected chi connectivity index (χ1v) is 5.53. The SMILES string of the molecule is CC(O)c1cccc2cccc(CCO)c12. The lowest BCUT2D eigenvalue weighted by Gasteiger charge is -2.13. The zero-order valence-corrected chi connectivity index (χ0v) is 9.35. The summed E-state index contributed by atoms with van der Waals surface area (Å²) in [5.74, 6) is 0. The molecule has 2 N–H and O–H groups in total. The molecule has 0 amide bonds. The molecule has 2 aromatic rings. The van der Waals surface area contributed by atoms with Crippen molar-refractivity contribution in [3.8, 4) is 0 Å². The first-order valence-electron chi connectivity index (χ1n) is 5.53. The van der Waals surface area contributed by atoms with Gasteiger partial charge in [0.1, 0.15) is 0 Å². The fourth-order valence-corrected chi connectivity index (χ4v) is 2.13. The lowest BCUT2D eigenvalue weighted by molar-refractivity contribution is 0.201. The molecule has 1 atom stereocenters. The predicted octanol–water partition coefficient (Wildman–Crippen LogP) is 2.43. The molecule has 0 aromatic heterocycles. The molecule has 2 nitrogen and oxygen atoms in total. The number of benzene rings is 2. The van der Waals surface area contributed by atoms with Crippen LogP contribution < -0.4 is 0 Å². The Kier molecular flexibility index (Phi) is 3.22. The molecule has 0 fully saturated rings. The van der Waals surface area contributed by atoms with Crippen molar-refractivity contribution in [2.45, 2.75) is 19.4 Å². The summed E-state index contributed by atoms with van der Waals surface area (Å²) in [7, 11) is 0. The van der Waals surface area contributed by atoms with Crippen LogP contribution >= 0.6 is 0 Å². The van der Waals surface area contributed by atoms with Gasteiger partial charge in [0.15, 0.2) is 0 Å². The molecule has 2 heteroatoms.